The molecular formula is C16H23O5P. The van der Waals surface area contributed by atoms with Crippen molar-refractivity contribution in [3.63, 3.8) is 0 Å². The van der Waals surface area contributed by atoms with Crippen LogP contribution in [0.1, 0.15) is 46.5 Å². The van der Waals surface area contributed by atoms with Crippen molar-refractivity contribution in [3.8, 4) is 5.75 Å². The average molecular weight is 326 g/mol. The molecule has 122 valence electrons. The second kappa shape index (κ2) is 7.73. The molecule has 1 aromatic carbocycles. The monoisotopic (exact) mass is 326 g/mol. The summed E-state index contributed by atoms with van der Waals surface area (Å²) in [6.07, 6.45) is 3.05. The van der Waals surface area contributed by atoms with E-state index in [1.54, 1.807) is 19.9 Å². The molecule has 0 aliphatic carbocycles. The third-order valence-corrected chi connectivity index (χ3v) is 4.67. The van der Waals surface area contributed by atoms with Crippen LogP contribution in [-0.4, -0.2) is 32.1 Å². The molecule has 5 nitrogen and oxygen atoms in total. The van der Waals surface area contributed by atoms with Crippen LogP contribution in [0, 0.1) is 13.8 Å². The lowest BCUT2D eigenvalue weighted by Crippen LogP contribution is -2.08. The molecule has 4 N–H and O–H groups in total. The van der Waals surface area contributed by atoms with Gasteiger partial charge in [-0.05, 0) is 50.3 Å². The summed E-state index contributed by atoms with van der Waals surface area (Å²) < 4.78 is 0. The number of carboxylic acids is 1. The maximum absolute atomic E-state index is 11.4. The van der Waals surface area contributed by atoms with Crippen LogP contribution < -0.4 is 0 Å². The van der Waals surface area contributed by atoms with Gasteiger partial charge in [0.05, 0.1) is 0 Å². The second-order valence-electron chi connectivity index (χ2n) is 5.37. The third-order valence-electron chi connectivity index (χ3n) is 3.89. The highest BCUT2D eigenvalue weighted by molar-refractivity contribution is 7.45. The van der Waals surface area contributed by atoms with Gasteiger partial charge in [0.25, 0.3) is 0 Å². The summed E-state index contributed by atoms with van der Waals surface area (Å²) in [5.41, 5.74) is 3.75. The average Bonchev–Trinajstić information content (AvgIpc) is 2.40. The molecule has 0 fully saturated rings. The highest BCUT2D eigenvalue weighted by atomic mass is 31.2. The van der Waals surface area contributed by atoms with Crippen LogP contribution in [0.15, 0.2) is 11.6 Å². The molecule has 0 aromatic heterocycles. The normalized spacial score (nSPS) is 12.0. The summed E-state index contributed by atoms with van der Waals surface area (Å²) in [7, 11) is -1.99. The van der Waals surface area contributed by atoms with Crippen LogP contribution in [0.3, 0.4) is 0 Å². The minimum atomic E-state index is -1.99. The lowest BCUT2D eigenvalue weighted by atomic mass is 9.88. The molecule has 0 amide bonds. The van der Waals surface area contributed by atoms with Gasteiger partial charge in [-0.1, -0.05) is 18.6 Å². The zero-order valence-electron chi connectivity index (χ0n) is 13.3. The topological polar surface area (TPSA) is 98.0 Å². The number of hydrogen-bond donors (Lipinski definition) is 4. The summed E-state index contributed by atoms with van der Waals surface area (Å²) >= 11 is 0. The predicted molar refractivity (Wildman–Crippen MR) is 87.6 cm³/mol. The Hall–Kier alpha value is -1.42. The molecule has 0 aliphatic rings. The van der Waals surface area contributed by atoms with Crippen molar-refractivity contribution in [2.45, 2.75) is 40.5 Å². The van der Waals surface area contributed by atoms with E-state index in [4.69, 9.17) is 9.79 Å². The second-order valence-corrected chi connectivity index (χ2v) is 6.44. The molecule has 0 saturated heterocycles. The summed E-state index contributed by atoms with van der Waals surface area (Å²) in [5, 5.41) is 19.7. The first-order chi connectivity index (χ1) is 10.2. The number of aromatic carboxylic acids is 1. The van der Waals surface area contributed by atoms with E-state index >= 15 is 0 Å². The Morgan fingerprint density at radius 1 is 1.18 bits per heavy atom. The van der Waals surface area contributed by atoms with E-state index in [1.165, 1.54) is 0 Å². The molecule has 0 saturated carbocycles. The maximum Gasteiger partial charge on any atom is 0.339 e. The molecule has 1 aromatic rings. The smallest absolute Gasteiger partial charge is 0.339 e. The molecule has 0 radical (unpaired) electrons. The number of allylic oxidation sites excluding steroid dienone is 2. The SMILES string of the molecule is CCc1c(C)c(C)c(C(=O)O)c(O)c1C/C=C(\C)CP(O)O. The fourth-order valence-electron chi connectivity index (χ4n) is 2.64. The van der Waals surface area contributed by atoms with Crippen molar-refractivity contribution in [2.24, 2.45) is 0 Å². The van der Waals surface area contributed by atoms with Crippen molar-refractivity contribution in [1.29, 1.82) is 0 Å². The van der Waals surface area contributed by atoms with Crippen LogP contribution >= 0.6 is 8.38 Å². The third kappa shape index (κ3) is 4.07. The summed E-state index contributed by atoms with van der Waals surface area (Å²) in [6.45, 7) is 7.31. The van der Waals surface area contributed by atoms with Gasteiger partial charge < -0.3 is 20.0 Å². The van der Waals surface area contributed by atoms with Crippen molar-refractivity contribution >= 4 is 14.3 Å². The van der Waals surface area contributed by atoms with Crippen molar-refractivity contribution in [1.82, 2.24) is 0 Å². The Morgan fingerprint density at radius 3 is 2.23 bits per heavy atom. The highest BCUT2D eigenvalue weighted by Crippen LogP contribution is 2.34. The molecule has 6 heteroatoms. The molecular weight excluding hydrogens is 303 g/mol. The quantitative estimate of drug-likeness (QED) is 0.476. The van der Waals surface area contributed by atoms with Crippen molar-refractivity contribution in [2.75, 3.05) is 6.16 Å². The number of phenols is 1. The number of hydrogen-bond acceptors (Lipinski definition) is 4. The van der Waals surface area contributed by atoms with Crippen molar-refractivity contribution in [3.05, 3.63) is 39.5 Å². The van der Waals surface area contributed by atoms with Crippen LogP contribution in [0.2, 0.25) is 0 Å². The maximum atomic E-state index is 11.4. The first-order valence-corrected chi connectivity index (χ1v) is 8.51. The van der Waals surface area contributed by atoms with Crippen molar-refractivity contribution < 1.29 is 24.8 Å². The molecule has 22 heavy (non-hydrogen) atoms. The van der Waals surface area contributed by atoms with E-state index in [0.29, 0.717) is 24.0 Å². The minimum Gasteiger partial charge on any atom is -0.507 e. The van der Waals surface area contributed by atoms with Gasteiger partial charge in [0.2, 0.25) is 0 Å². The van der Waals surface area contributed by atoms with Gasteiger partial charge in [0.15, 0.2) is 8.38 Å². The van der Waals surface area contributed by atoms with Crippen LogP contribution in [0.5, 0.6) is 5.75 Å². The number of rotatable bonds is 6. The predicted octanol–water partition coefficient (Wildman–Crippen LogP) is 3.05. The van der Waals surface area contributed by atoms with Gasteiger partial charge in [0.1, 0.15) is 11.3 Å². The molecule has 0 spiro atoms. The fourth-order valence-corrected chi connectivity index (χ4v) is 3.21. The number of carbonyl (C=O) groups is 1. The minimum absolute atomic E-state index is 0.0534. The van der Waals surface area contributed by atoms with E-state index in [0.717, 1.165) is 16.7 Å². The molecule has 0 atom stereocenters. The summed E-state index contributed by atoms with van der Waals surface area (Å²) in [6, 6.07) is 0. The zero-order valence-corrected chi connectivity index (χ0v) is 14.2. The van der Waals surface area contributed by atoms with Gasteiger partial charge in [-0.25, -0.2) is 4.79 Å². The first-order valence-electron chi connectivity index (χ1n) is 7.08. The van der Waals surface area contributed by atoms with Gasteiger partial charge >= 0.3 is 5.97 Å². The number of benzene rings is 1. The van der Waals surface area contributed by atoms with Gasteiger partial charge in [-0.2, -0.15) is 0 Å². The molecule has 0 aliphatic heterocycles. The Labute approximate surface area is 131 Å². The first kappa shape index (κ1) is 18.6. The van der Waals surface area contributed by atoms with E-state index in [2.05, 4.69) is 0 Å². The summed E-state index contributed by atoms with van der Waals surface area (Å²) in [4.78, 5) is 29.4. The summed E-state index contributed by atoms with van der Waals surface area (Å²) in [5.74, 6) is -1.33. The van der Waals surface area contributed by atoms with Crippen LogP contribution in [0.25, 0.3) is 0 Å². The van der Waals surface area contributed by atoms with Gasteiger partial charge in [0, 0.05) is 11.7 Å². The van der Waals surface area contributed by atoms with E-state index < -0.39 is 14.3 Å². The van der Waals surface area contributed by atoms with Crippen LogP contribution in [0.4, 0.5) is 0 Å². The Kier molecular flexibility index (Phi) is 6.54. The molecule has 1 rings (SSSR count). The zero-order chi connectivity index (χ0) is 17.0. The van der Waals surface area contributed by atoms with E-state index in [9.17, 15) is 15.0 Å². The van der Waals surface area contributed by atoms with E-state index in [1.807, 2.05) is 13.8 Å². The number of carboxylic acid groups (broad SMARTS) is 1. The van der Waals surface area contributed by atoms with E-state index in [-0.39, 0.29) is 17.5 Å². The lowest BCUT2D eigenvalue weighted by Gasteiger charge is -2.18. The fraction of sp³-hybridized carbons (Fsp3) is 0.438. The number of aromatic hydroxyl groups is 1. The van der Waals surface area contributed by atoms with Crippen LogP contribution in [-0.2, 0) is 12.8 Å². The molecule has 0 bridgehead atoms. The van der Waals surface area contributed by atoms with Gasteiger partial charge in [-0.15, -0.1) is 0 Å². The Balaban J connectivity index is 3.37. The lowest BCUT2D eigenvalue weighted by molar-refractivity contribution is 0.0692. The highest BCUT2D eigenvalue weighted by Gasteiger charge is 2.22. The molecule has 0 heterocycles. The standard InChI is InChI=1S/C16H23O5P/c1-5-12-10(3)11(4)14(16(18)19)15(17)13(12)7-6-9(2)8-22(20)21/h6,17,20-21H,5,7-8H2,1-4H3,(H,18,19)/b9-6+. The molecule has 0 unspecified atom stereocenters. The van der Waals surface area contributed by atoms with Gasteiger partial charge in [-0.3, -0.25) is 0 Å². The Bertz CT molecular complexity index is 605. The largest absolute Gasteiger partial charge is 0.507 e. The Morgan fingerprint density at radius 2 is 1.77 bits per heavy atom.